The maximum Gasteiger partial charge on any atom is 0.281 e. The van der Waals surface area contributed by atoms with Gasteiger partial charge in [0, 0.05) is 0 Å². The van der Waals surface area contributed by atoms with E-state index in [-0.39, 0.29) is 0 Å². The molecule has 0 unspecified atom stereocenters. The molecule has 1 saturated heterocycles. The van der Waals surface area contributed by atoms with Crippen LogP contribution in [0.4, 0.5) is 0 Å². The van der Waals surface area contributed by atoms with Crippen molar-refractivity contribution in [2.75, 3.05) is 0 Å². The van der Waals surface area contributed by atoms with Crippen molar-refractivity contribution in [1.29, 1.82) is 0 Å². The Morgan fingerprint density at radius 1 is 1.12 bits per heavy atom. The first-order chi connectivity index (χ1) is 3.79. The highest BCUT2D eigenvalue weighted by Gasteiger charge is 2.18. The van der Waals surface area contributed by atoms with Gasteiger partial charge in [-0.15, -0.1) is 0 Å². The zero-order valence-corrected chi connectivity index (χ0v) is 5.36. The molecule has 0 aromatic rings. The second-order valence-electron chi connectivity index (χ2n) is 2.20. The number of nitrogens with one attached hydrogen (secondary N) is 3. The molecule has 1 aliphatic heterocycles. The summed E-state index contributed by atoms with van der Waals surface area (Å²) in [5, 5.41) is 9.64. The van der Waals surface area contributed by atoms with Crippen LogP contribution in [0.3, 0.4) is 0 Å². The summed E-state index contributed by atoms with van der Waals surface area (Å²) in [6.07, 6.45) is 0. The Labute approximate surface area is 51.5 Å². The Balaban J connectivity index is 2.23. The molecule has 0 aromatic heterocycles. The first-order valence-corrected chi connectivity index (χ1v) is 3.02. The van der Waals surface area contributed by atoms with Gasteiger partial charge in [0.25, 0.3) is 21.5 Å². The highest BCUT2D eigenvalue weighted by Crippen LogP contribution is 1.75. The Bertz CT molecular complexity index is 70.9. The summed E-state index contributed by atoms with van der Waals surface area (Å²) < 4.78 is 0. The van der Waals surface area contributed by atoms with Gasteiger partial charge >= 0.3 is 0 Å². The number of hydrogen-bond donors (Lipinski definition) is 3. The zero-order chi connectivity index (χ0) is 5.98. The van der Waals surface area contributed by atoms with Gasteiger partial charge in [-0.1, -0.05) is 13.6 Å². The summed E-state index contributed by atoms with van der Waals surface area (Å²) in [6.45, 7) is 5.12. The fourth-order valence-electron chi connectivity index (χ4n) is 0.858. The predicted molar refractivity (Wildman–Crippen MR) is 39.8 cm³/mol. The van der Waals surface area contributed by atoms with Gasteiger partial charge in [-0.2, -0.15) is 0 Å². The summed E-state index contributed by atoms with van der Waals surface area (Å²) in [5.41, 5.74) is 0. The molecule has 3 N–H and O–H groups in total. The molecule has 1 heterocycles. The van der Waals surface area contributed by atoms with E-state index in [4.69, 9.17) is 0 Å². The molecular weight excluding hydrogens is 98.5 g/mol. The van der Waals surface area contributed by atoms with Crippen LogP contribution in [-0.4, -0.2) is 21.5 Å². The van der Waals surface area contributed by atoms with Crippen LogP contribution in [0, 0.1) is 0 Å². The molecule has 0 atom stereocenters. The Morgan fingerprint density at radius 3 is 1.88 bits per heavy atom. The van der Waals surface area contributed by atoms with E-state index in [0.717, 1.165) is 7.55 Å². The van der Waals surface area contributed by atoms with Gasteiger partial charge in [0.2, 0.25) is 0 Å². The Hall–Kier alpha value is 0.0748. The summed E-state index contributed by atoms with van der Waals surface area (Å²) in [6, 6.07) is 0. The quantitative estimate of drug-likeness (QED) is 0.323. The van der Waals surface area contributed by atoms with Crippen LogP contribution in [0.15, 0.2) is 0 Å². The van der Waals surface area contributed by atoms with Crippen molar-refractivity contribution in [1.82, 2.24) is 15.4 Å². The molecule has 1 aliphatic rings. The Morgan fingerprint density at radius 2 is 1.62 bits per heavy atom. The van der Waals surface area contributed by atoms with Gasteiger partial charge in [0.15, 0.2) is 0 Å². The van der Waals surface area contributed by atoms with Crippen molar-refractivity contribution >= 4 is 21.5 Å². The molecule has 0 bridgehead atoms. The molecule has 0 aliphatic carbocycles. The predicted octanol–water partition coefficient (Wildman–Crippen LogP) is -1.73. The monoisotopic (exact) mass is 109 g/mol. The van der Waals surface area contributed by atoms with E-state index >= 15 is 0 Å². The molecule has 0 saturated carbocycles. The minimum atomic E-state index is 0.450. The topological polar surface area (TPSA) is 36.1 Å². The molecular formula is C2H10B3N3. The van der Waals surface area contributed by atoms with E-state index in [1.807, 2.05) is 0 Å². The smallest absolute Gasteiger partial charge is 0.281 e. The highest BCUT2D eigenvalue weighted by molar-refractivity contribution is 6.80. The average Bonchev–Trinajstić information content (AvgIpc) is 1.64. The van der Waals surface area contributed by atoms with Crippen molar-refractivity contribution in [2.24, 2.45) is 0 Å². The molecule has 1 rings (SSSR count). The number of hydrogen-bond acceptors (Lipinski definition) is 3. The fraction of sp³-hybridized carbons (Fsp3) is 1.00. The highest BCUT2D eigenvalue weighted by atomic mass is 15.0. The molecule has 0 amide bonds. The largest absolute Gasteiger partial charge is 0.375 e. The van der Waals surface area contributed by atoms with Crippen LogP contribution in [-0.2, 0) is 0 Å². The summed E-state index contributed by atoms with van der Waals surface area (Å²) in [5.74, 6) is 0. The number of rotatable bonds is 0. The second kappa shape index (κ2) is 2.57. The van der Waals surface area contributed by atoms with Crippen molar-refractivity contribution < 1.29 is 0 Å². The Kier molecular flexibility index (Phi) is 1.99. The fourth-order valence-corrected chi connectivity index (χ4v) is 0.858. The molecule has 6 heteroatoms. The summed E-state index contributed by atoms with van der Waals surface area (Å²) in [4.78, 5) is 0. The molecule has 0 aromatic carbocycles. The third-order valence-corrected chi connectivity index (χ3v) is 1.32. The molecule has 42 valence electrons. The average molecular weight is 109 g/mol. The minimum absolute atomic E-state index is 0.450. The van der Waals surface area contributed by atoms with Gasteiger partial charge in [0.1, 0.15) is 0 Å². The van der Waals surface area contributed by atoms with Crippen LogP contribution < -0.4 is 15.4 Å². The standard InChI is InChI=1S/C2H10B3N3/c1-4-6-3-7-5(2)8-4/h3,6-8H,1-2H3. The van der Waals surface area contributed by atoms with Crippen LogP contribution >= 0.6 is 0 Å². The van der Waals surface area contributed by atoms with Crippen LogP contribution in [0.25, 0.3) is 0 Å². The van der Waals surface area contributed by atoms with Gasteiger partial charge in [-0.05, 0) is 0 Å². The lowest BCUT2D eigenvalue weighted by molar-refractivity contribution is 1.20. The van der Waals surface area contributed by atoms with E-state index in [1.165, 1.54) is 0 Å². The lowest BCUT2D eigenvalue weighted by atomic mass is 9.59. The van der Waals surface area contributed by atoms with Crippen molar-refractivity contribution in [3.8, 4) is 0 Å². The van der Waals surface area contributed by atoms with Crippen molar-refractivity contribution in [2.45, 2.75) is 13.6 Å². The molecule has 8 heavy (non-hydrogen) atoms. The molecule has 0 radical (unpaired) electrons. The zero-order valence-electron chi connectivity index (χ0n) is 5.36. The molecule has 1 fully saturated rings. The molecule has 0 spiro atoms. The third kappa shape index (κ3) is 1.54. The van der Waals surface area contributed by atoms with Gasteiger partial charge in [-0.3, -0.25) is 0 Å². The lowest BCUT2D eigenvalue weighted by Gasteiger charge is -2.22. The van der Waals surface area contributed by atoms with Gasteiger partial charge < -0.3 is 15.4 Å². The first kappa shape index (κ1) is 6.20. The summed E-state index contributed by atoms with van der Waals surface area (Å²) >= 11 is 0. The maximum atomic E-state index is 3.26. The second-order valence-corrected chi connectivity index (χ2v) is 2.20. The first-order valence-electron chi connectivity index (χ1n) is 3.02. The molecule has 3 nitrogen and oxygen atoms in total. The summed E-state index contributed by atoms with van der Waals surface area (Å²) in [7, 11) is 0.912. The van der Waals surface area contributed by atoms with E-state index < -0.39 is 0 Å². The lowest BCUT2D eigenvalue weighted by Crippen LogP contribution is -2.67. The minimum Gasteiger partial charge on any atom is -0.375 e. The van der Waals surface area contributed by atoms with Gasteiger partial charge in [0.05, 0.1) is 0 Å². The van der Waals surface area contributed by atoms with E-state index in [1.54, 1.807) is 0 Å². The van der Waals surface area contributed by atoms with E-state index in [0.29, 0.717) is 14.0 Å². The maximum absolute atomic E-state index is 3.26. The van der Waals surface area contributed by atoms with Crippen LogP contribution in [0.2, 0.25) is 13.6 Å². The van der Waals surface area contributed by atoms with Crippen molar-refractivity contribution in [3.05, 3.63) is 0 Å². The SMILES string of the molecule is CB1NBNB(C)N1. The normalized spacial score (nSPS) is 20.8. The van der Waals surface area contributed by atoms with Gasteiger partial charge in [-0.25, -0.2) is 0 Å². The van der Waals surface area contributed by atoms with Crippen LogP contribution in [0.5, 0.6) is 0 Å². The van der Waals surface area contributed by atoms with Crippen molar-refractivity contribution in [3.63, 3.8) is 0 Å². The van der Waals surface area contributed by atoms with Crippen LogP contribution in [0.1, 0.15) is 0 Å². The van der Waals surface area contributed by atoms with E-state index in [9.17, 15) is 0 Å². The third-order valence-electron chi connectivity index (χ3n) is 1.32. The van der Waals surface area contributed by atoms with E-state index in [2.05, 4.69) is 29.1 Å².